The van der Waals surface area contributed by atoms with Crippen LogP contribution in [-0.4, -0.2) is 14.5 Å². The van der Waals surface area contributed by atoms with Crippen LogP contribution in [0.2, 0.25) is 0 Å². The molecule has 4 heteroatoms. The molecule has 1 N–H and O–H groups in total. The summed E-state index contributed by atoms with van der Waals surface area (Å²) in [4.78, 5) is 21.0. The Morgan fingerprint density at radius 1 is 0.893 bits per heavy atom. The number of hydrogen-bond acceptors (Lipinski definition) is 2. The maximum Gasteiger partial charge on any atom is 0.261 e. The highest BCUT2D eigenvalue weighted by atomic mass is 16.1. The number of aromatic nitrogens is 3. The third-order valence-corrected chi connectivity index (χ3v) is 5.21. The van der Waals surface area contributed by atoms with E-state index in [0.717, 1.165) is 33.2 Å². The van der Waals surface area contributed by atoms with E-state index in [1.807, 2.05) is 36.4 Å². The van der Waals surface area contributed by atoms with Crippen LogP contribution in [-0.2, 0) is 6.54 Å². The maximum atomic E-state index is 13.0. The lowest BCUT2D eigenvalue weighted by Crippen LogP contribution is -2.21. The average molecular weight is 365 g/mol. The van der Waals surface area contributed by atoms with Gasteiger partial charge in [-0.2, -0.15) is 0 Å². The average Bonchev–Trinajstić information content (AvgIpc) is 3.09. The van der Waals surface area contributed by atoms with Crippen LogP contribution in [0.15, 0.2) is 83.9 Å². The highest BCUT2D eigenvalue weighted by molar-refractivity contribution is 5.90. The molecule has 28 heavy (non-hydrogen) atoms. The second-order valence-electron chi connectivity index (χ2n) is 7.08. The van der Waals surface area contributed by atoms with Gasteiger partial charge in [-0.05, 0) is 30.7 Å². The summed E-state index contributed by atoms with van der Waals surface area (Å²) in [5.41, 5.74) is 6.23. The Morgan fingerprint density at radius 3 is 2.43 bits per heavy atom. The molecule has 5 rings (SSSR count). The van der Waals surface area contributed by atoms with Crippen molar-refractivity contribution in [3.8, 4) is 11.3 Å². The zero-order valence-electron chi connectivity index (χ0n) is 15.5. The SMILES string of the molecule is Cc1ccc(-c2[nH]c3ccccc3c2Cn2cnc3ccccc3c2=O)cc1. The van der Waals surface area contributed by atoms with Crippen molar-refractivity contribution in [1.82, 2.24) is 14.5 Å². The Hall–Kier alpha value is -3.66. The Bertz CT molecular complexity index is 1360. The normalized spacial score (nSPS) is 11.3. The highest BCUT2D eigenvalue weighted by Crippen LogP contribution is 2.31. The van der Waals surface area contributed by atoms with Gasteiger partial charge in [-0.15, -0.1) is 0 Å². The summed E-state index contributed by atoms with van der Waals surface area (Å²) in [6, 6.07) is 24.1. The van der Waals surface area contributed by atoms with Gasteiger partial charge in [0.2, 0.25) is 0 Å². The molecule has 2 aromatic heterocycles. The van der Waals surface area contributed by atoms with Crippen molar-refractivity contribution >= 4 is 21.8 Å². The van der Waals surface area contributed by atoms with Gasteiger partial charge in [-0.3, -0.25) is 9.36 Å². The topological polar surface area (TPSA) is 50.7 Å². The summed E-state index contributed by atoms with van der Waals surface area (Å²) in [5.74, 6) is 0. The molecule has 136 valence electrons. The number of H-pyrrole nitrogens is 1. The van der Waals surface area contributed by atoms with E-state index in [-0.39, 0.29) is 5.56 Å². The van der Waals surface area contributed by atoms with Gasteiger partial charge in [0.05, 0.1) is 29.5 Å². The summed E-state index contributed by atoms with van der Waals surface area (Å²) >= 11 is 0. The van der Waals surface area contributed by atoms with Crippen LogP contribution in [0.25, 0.3) is 33.1 Å². The lowest BCUT2D eigenvalue weighted by molar-refractivity contribution is 0.753. The molecule has 3 aromatic carbocycles. The molecule has 0 aliphatic rings. The zero-order valence-corrected chi connectivity index (χ0v) is 15.5. The number of aromatic amines is 1. The molecule has 0 bridgehead atoms. The molecular weight excluding hydrogens is 346 g/mol. The second kappa shape index (κ2) is 6.50. The van der Waals surface area contributed by atoms with Crippen molar-refractivity contribution < 1.29 is 0 Å². The van der Waals surface area contributed by atoms with E-state index in [2.05, 4.69) is 53.3 Å². The van der Waals surface area contributed by atoms with Gasteiger partial charge >= 0.3 is 0 Å². The number of hydrogen-bond donors (Lipinski definition) is 1. The standard InChI is InChI=1S/C24H19N3O/c1-16-10-12-17(13-11-16)23-20(18-6-2-5-9-22(18)26-23)14-27-15-25-21-8-4-3-7-19(21)24(27)28/h2-13,15,26H,14H2,1H3. The minimum absolute atomic E-state index is 0.0225. The van der Waals surface area contributed by atoms with Gasteiger partial charge in [0.25, 0.3) is 5.56 Å². The predicted octanol–water partition coefficient (Wildman–Crippen LogP) is 4.90. The summed E-state index contributed by atoms with van der Waals surface area (Å²) in [6.45, 7) is 2.54. The molecule has 0 amide bonds. The first-order valence-corrected chi connectivity index (χ1v) is 9.31. The fraction of sp³-hybridized carbons (Fsp3) is 0.0833. The predicted molar refractivity (Wildman–Crippen MR) is 114 cm³/mol. The van der Waals surface area contributed by atoms with Crippen LogP contribution in [0.1, 0.15) is 11.1 Å². The first kappa shape index (κ1) is 16.5. The number of nitrogens with zero attached hydrogens (tertiary/aromatic N) is 2. The molecule has 0 radical (unpaired) electrons. The summed E-state index contributed by atoms with van der Waals surface area (Å²) in [6.07, 6.45) is 1.64. The second-order valence-corrected chi connectivity index (χ2v) is 7.08. The molecule has 0 spiro atoms. The van der Waals surface area contributed by atoms with E-state index in [1.54, 1.807) is 10.9 Å². The van der Waals surface area contributed by atoms with Crippen molar-refractivity contribution in [1.29, 1.82) is 0 Å². The first-order chi connectivity index (χ1) is 13.7. The molecule has 0 saturated carbocycles. The molecule has 0 saturated heterocycles. The van der Waals surface area contributed by atoms with Gasteiger partial charge in [-0.1, -0.05) is 60.2 Å². The molecule has 4 nitrogen and oxygen atoms in total. The lowest BCUT2D eigenvalue weighted by Gasteiger charge is -2.09. The number of nitrogens with one attached hydrogen (secondary N) is 1. The molecule has 5 aromatic rings. The van der Waals surface area contributed by atoms with Crippen LogP contribution in [0, 0.1) is 6.92 Å². The van der Waals surface area contributed by atoms with Gasteiger partial charge < -0.3 is 4.98 Å². The minimum Gasteiger partial charge on any atom is -0.354 e. The van der Waals surface area contributed by atoms with E-state index < -0.39 is 0 Å². The number of rotatable bonds is 3. The van der Waals surface area contributed by atoms with Crippen LogP contribution in [0.5, 0.6) is 0 Å². The van der Waals surface area contributed by atoms with E-state index in [1.165, 1.54) is 5.56 Å². The maximum absolute atomic E-state index is 13.0. The fourth-order valence-electron chi connectivity index (χ4n) is 3.72. The van der Waals surface area contributed by atoms with E-state index >= 15 is 0 Å². The third-order valence-electron chi connectivity index (χ3n) is 5.21. The Morgan fingerprint density at radius 2 is 1.61 bits per heavy atom. The molecule has 0 atom stereocenters. The highest BCUT2D eigenvalue weighted by Gasteiger charge is 2.15. The number of aryl methyl sites for hydroxylation is 1. The van der Waals surface area contributed by atoms with Gasteiger partial charge in [0.15, 0.2) is 0 Å². The minimum atomic E-state index is -0.0225. The summed E-state index contributed by atoms with van der Waals surface area (Å²) in [5, 5.41) is 1.76. The lowest BCUT2D eigenvalue weighted by atomic mass is 10.0. The zero-order chi connectivity index (χ0) is 19.1. The largest absolute Gasteiger partial charge is 0.354 e. The van der Waals surface area contributed by atoms with E-state index in [4.69, 9.17) is 0 Å². The van der Waals surface area contributed by atoms with E-state index in [9.17, 15) is 4.79 Å². The monoisotopic (exact) mass is 365 g/mol. The number of benzene rings is 3. The van der Waals surface area contributed by atoms with Gasteiger partial charge in [0, 0.05) is 16.5 Å². The van der Waals surface area contributed by atoms with Crippen LogP contribution >= 0.6 is 0 Å². The van der Waals surface area contributed by atoms with Gasteiger partial charge in [0.1, 0.15) is 0 Å². The number of para-hydroxylation sites is 2. The molecule has 0 unspecified atom stereocenters. The van der Waals surface area contributed by atoms with Crippen LogP contribution < -0.4 is 5.56 Å². The Labute approximate surface area is 162 Å². The van der Waals surface area contributed by atoms with Crippen LogP contribution in [0.4, 0.5) is 0 Å². The van der Waals surface area contributed by atoms with Crippen molar-refractivity contribution in [3.05, 3.63) is 101 Å². The van der Waals surface area contributed by atoms with Crippen molar-refractivity contribution in [2.45, 2.75) is 13.5 Å². The Kier molecular flexibility index (Phi) is 3.83. The smallest absolute Gasteiger partial charge is 0.261 e. The first-order valence-electron chi connectivity index (χ1n) is 9.31. The number of fused-ring (bicyclic) bond motifs is 2. The fourth-order valence-corrected chi connectivity index (χ4v) is 3.72. The van der Waals surface area contributed by atoms with Crippen molar-refractivity contribution in [3.63, 3.8) is 0 Å². The Balaban J connectivity index is 1.70. The molecule has 2 heterocycles. The van der Waals surface area contributed by atoms with Crippen LogP contribution in [0.3, 0.4) is 0 Å². The molecule has 0 aliphatic carbocycles. The third kappa shape index (κ3) is 2.70. The summed E-state index contributed by atoms with van der Waals surface area (Å²) in [7, 11) is 0. The van der Waals surface area contributed by atoms with E-state index in [0.29, 0.717) is 11.9 Å². The molecular formula is C24H19N3O. The molecule has 0 aliphatic heterocycles. The quantitative estimate of drug-likeness (QED) is 0.494. The van der Waals surface area contributed by atoms with Crippen molar-refractivity contribution in [2.75, 3.05) is 0 Å². The summed E-state index contributed by atoms with van der Waals surface area (Å²) < 4.78 is 1.69. The van der Waals surface area contributed by atoms with Gasteiger partial charge in [-0.25, -0.2) is 4.98 Å². The van der Waals surface area contributed by atoms with Crippen molar-refractivity contribution in [2.24, 2.45) is 0 Å². The molecule has 0 fully saturated rings.